The smallest absolute Gasteiger partial charge is 0.279 e. The summed E-state index contributed by atoms with van der Waals surface area (Å²) in [5.41, 5.74) is 4.76. The van der Waals surface area contributed by atoms with Gasteiger partial charge in [-0.25, -0.2) is 4.98 Å². The molecule has 4 nitrogen and oxygen atoms in total. The Bertz CT molecular complexity index is 916. The number of hydrogen-bond acceptors (Lipinski definition) is 3. The standard InChI is InChI=1S/C21H23N3OS/c1-14(21-23-18-8-3-4-9-19(18)26-21)24(2)13-20(25)22-17-11-10-15-6-5-7-16(15)12-17/h3-4,8-12,14H,5-7,13H2,1-2H3,(H,22,25)/p+1/t14-/m0/s1. The quantitative estimate of drug-likeness (QED) is 0.729. The normalized spacial score (nSPS) is 15.6. The van der Waals surface area contributed by atoms with Crippen molar-refractivity contribution in [3.63, 3.8) is 0 Å². The van der Waals surface area contributed by atoms with E-state index < -0.39 is 0 Å². The van der Waals surface area contributed by atoms with Gasteiger partial charge in [0.2, 0.25) is 0 Å². The molecule has 0 saturated carbocycles. The molecule has 0 bridgehead atoms. The number of fused-ring (bicyclic) bond motifs is 2. The monoisotopic (exact) mass is 366 g/mol. The predicted molar refractivity (Wildman–Crippen MR) is 107 cm³/mol. The second kappa shape index (κ2) is 7.17. The Morgan fingerprint density at radius 3 is 2.88 bits per heavy atom. The second-order valence-electron chi connectivity index (χ2n) is 7.15. The average Bonchev–Trinajstić information content (AvgIpc) is 3.26. The number of carbonyl (C=O) groups excluding carboxylic acids is 1. The average molecular weight is 367 g/mol. The van der Waals surface area contributed by atoms with Crippen LogP contribution in [0, 0.1) is 0 Å². The number of rotatable bonds is 5. The molecule has 1 aliphatic carbocycles. The molecule has 4 rings (SSSR count). The highest BCUT2D eigenvalue weighted by molar-refractivity contribution is 7.18. The molecule has 0 radical (unpaired) electrons. The first kappa shape index (κ1) is 17.2. The highest BCUT2D eigenvalue weighted by atomic mass is 32.1. The number of amides is 1. The first-order valence-electron chi connectivity index (χ1n) is 9.19. The topological polar surface area (TPSA) is 46.4 Å². The van der Waals surface area contributed by atoms with Crippen LogP contribution in [0.2, 0.25) is 0 Å². The number of thiazole rings is 1. The van der Waals surface area contributed by atoms with E-state index in [1.54, 1.807) is 11.3 Å². The maximum atomic E-state index is 12.5. The molecule has 5 heteroatoms. The molecule has 3 aromatic rings. The molecule has 1 aromatic heterocycles. The van der Waals surface area contributed by atoms with E-state index in [2.05, 4.69) is 37.5 Å². The van der Waals surface area contributed by atoms with Gasteiger partial charge in [-0.3, -0.25) is 4.79 Å². The van der Waals surface area contributed by atoms with Gasteiger partial charge in [-0.05, 0) is 61.6 Å². The number of nitrogens with zero attached hydrogens (tertiary/aromatic N) is 1. The number of quaternary nitrogens is 1. The summed E-state index contributed by atoms with van der Waals surface area (Å²) in [6, 6.07) is 14.7. The highest BCUT2D eigenvalue weighted by Crippen LogP contribution is 2.25. The maximum Gasteiger partial charge on any atom is 0.279 e. The van der Waals surface area contributed by atoms with Gasteiger partial charge in [-0.2, -0.15) is 0 Å². The van der Waals surface area contributed by atoms with Gasteiger partial charge in [0.25, 0.3) is 5.91 Å². The Morgan fingerprint density at radius 2 is 2.04 bits per heavy atom. The third-order valence-corrected chi connectivity index (χ3v) is 6.46. The lowest BCUT2D eigenvalue weighted by Gasteiger charge is -2.19. The molecule has 0 fully saturated rings. The molecule has 2 atom stereocenters. The van der Waals surface area contributed by atoms with Crippen molar-refractivity contribution in [1.82, 2.24) is 4.98 Å². The molecule has 1 unspecified atom stereocenters. The largest absolute Gasteiger partial charge is 0.322 e. The lowest BCUT2D eigenvalue weighted by molar-refractivity contribution is -0.902. The summed E-state index contributed by atoms with van der Waals surface area (Å²) in [5, 5.41) is 4.14. The molecule has 0 aliphatic heterocycles. The second-order valence-corrected chi connectivity index (χ2v) is 8.21. The third-order valence-electron chi connectivity index (χ3n) is 5.24. The zero-order valence-corrected chi connectivity index (χ0v) is 16.0. The van der Waals surface area contributed by atoms with E-state index in [0.717, 1.165) is 34.0 Å². The van der Waals surface area contributed by atoms with Gasteiger partial charge >= 0.3 is 0 Å². The Balaban J connectivity index is 1.40. The van der Waals surface area contributed by atoms with Crippen molar-refractivity contribution in [1.29, 1.82) is 0 Å². The predicted octanol–water partition coefficient (Wildman–Crippen LogP) is 3.00. The first-order valence-corrected chi connectivity index (χ1v) is 10.0. The zero-order chi connectivity index (χ0) is 18.1. The van der Waals surface area contributed by atoms with Crippen LogP contribution in [0.5, 0.6) is 0 Å². The van der Waals surface area contributed by atoms with Gasteiger partial charge in [0.1, 0.15) is 6.04 Å². The molecule has 2 N–H and O–H groups in total. The minimum atomic E-state index is 0.0495. The molecule has 134 valence electrons. The van der Waals surface area contributed by atoms with Gasteiger partial charge in [0.05, 0.1) is 17.3 Å². The molecule has 0 saturated heterocycles. The van der Waals surface area contributed by atoms with Crippen LogP contribution in [0.4, 0.5) is 5.69 Å². The van der Waals surface area contributed by atoms with Crippen LogP contribution in [0.3, 0.4) is 0 Å². The van der Waals surface area contributed by atoms with Crippen molar-refractivity contribution in [3.05, 3.63) is 58.6 Å². The van der Waals surface area contributed by atoms with Crippen molar-refractivity contribution in [2.24, 2.45) is 0 Å². The molecule has 2 aromatic carbocycles. The van der Waals surface area contributed by atoms with E-state index in [1.165, 1.54) is 22.2 Å². The summed E-state index contributed by atoms with van der Waals surface area (Å²) in [7, 11) is 2.05. The fourth-order valence-corrected chi connectivity index (χ4v) is 4.66. The van der Waals surface area contributed by atoms with Crippen LogP contribution in [-0.4, -0.2) is 24.5 Å². The number of anilines is 1. The molecular weight excluding hydrogens is 342 g/mol. The van der Waals surface area contributed by atoms with Crippen molar-refractivity contribution < 1.29 is 9.69 Å². The Labute approximate surface area is 157 Å². The van der Waals surface area contributed by atoms with Crippen LogP contribution in [0.1, 0.15) is 35.5 Å². The van der Waals surface area contributed by atoms with Gasteiger partial charge in [0.15, 0.2) is 11.6 Å². The molecular formula is C21H24N3OS+. The summed E-state index contributed by atoms with van der Waals surface area (Å²) in [4.78, 5) is 18.4. The summed E-state index contributed by atoms with van der Waals surface area (Å²) >= 11 is 1.71. The van der Waals surface area contributed by atoms with Crippen molar-refractivity contribution in [3.8, 4) is 0 Å². The third kappa shape index (κ3) is 3.50. The Hall–Kier alpha value is -2.24. The number of likely N-dealkylation sites (N-methyl/N-ethyl adjacent to an activating group) is 1. The number of hydrogen-bond donors (Lipinski definition) is 2. The molecule has 0 spiro atoms. The van der Waals surface area contributed by atoms with Crippen LogP contribution >= 0.6 is 11.3 Å². The van der Waals surface area contributed by atoms with Gasteiger partial charge < -0.3 is 10.2 Å². The van der Waals surface area contributed by atoms with Crippen LogP contribution in [0.25, 0.3) is 10.2 Å². The van der Waals surface area contributed by atoms with Gasteiger partial charge in [0, 0.05) is 5.69 Å². The Morgan fingerprint density at radius 1 is 1.23 bits per heavy atom. The molecule has 1 heterocycles. The number of aryl methyl sites for hydroxylation is 2. The van der Waals surface area contributed by atoms with E-state index in [1.807, 2.05) is 24.3 Å². The molecule has 1 aliphatic rings. The first-order chi connectivity index (χ1) is 12.6. The van der Waals surface area contributed by atoms with Crippen LogP contribution in [-0.2, 0) is 17.6 Å². The van der Waals surface area contributed by atoms with E-state index in [-0.39, 0.29) is 11.9 Å². The fraction of sp³-hybridized carbons (Fsp3) is 0.333. The SMILES string of the molecule is C[C@@H](c1nc2ccccc2s1)[NH+](C)CC(=O)Nc1ccc2c(c1)CCC2. The van der Waals surface area contributed by atoms with Crippen LogP contribution in [0.15, 0.2) is 42.5 Å². The van der Waals surface area contributed by atoms with Crippen molar-refractivity contribution in [2.45, 2.75) is 32.2 Å². The van der Waals surface area contributed by atoms with E-state index >= 15 is 0 Å². The molecule has 26 heavy (non-hydrogen) atoms. The summed E-state index contributed by atoms with van der Waals surface area (Å²) in [6.07, 6.45) is 3.51. The minimum Gasteiger partial charge on any atom is -0.322 e. The Kier molecular flexibility index (Phi) is 4.74. The fourth-order valence-electron chi connectivity index (χ4n) is 3.55. The lowest BCUT2D eigenvalue weighted by Crippen LogP contribution is -3.10. The summed E-state index contributed by atoms with van der Waals surface area (Å²) < 4.78 is 1.20. The number of benzene rings is 2. The van der Waals surface area contributed by atoms with Crippen molar-refractivity contribution in [2.75, 3.05) is 18.9 Å². The maximum absolute atomic E-state index is 12.5. The van der Waals surface area contributed by atoms with Crippen LogP contribution < -0.4 is 10.2 Å². The van der Waals surface area contributed by atoms with Gasteiger partial charge in [-0.15, -0.1) is 11.3 Å². The highest BCUT2D eigenvalue weighted by Gasteiger charge is 2.22. The molecule has 1 amide bonds. The minimum absolute atomic E-state index is 0.0495. The van der Waals surface area contributed by atoms with E-state index in [0.29, 0.717) is 6.54 Å². The number of nitrogens with one attached hydrogen (secondary N) is 2. The number of para-hydroxylation sites is 1. The summed E-state index contributed by atoms with van der Waals surface area (Å²) in [5.74, 6) is 0.0495. The zero-order valence-electron chi connectivity index (χ0n) is 15.2. The number of carbonyl (C=O) groups is 1. The van der Waals surface area contributed by atoms with E-state index in [4.69, 9.17) is 4.98 Å². The number of aromatic nitrogens is 1. The lowest BCUT2D eigenvalue weighted by atomic mass is 10.1. The van der Waals surface area contributed by atoms with Crippen molar-refractivity contribution >= 4 is 33.1 Å². The summed E-state index contributed by atoms with van der Waals surface area (Å²) in [6.45, 7) is 2.56. The van der Waals surface area contributed by atoms with E-state index in [9.17, 15) is 4.79 Å². The van der Waals surface area contributed by atoms with Gasteiger partial charge in [-0.1, -0.05) is 18.2 Å².